The van der Waals surface area contributed by atoms with E-state index in [1.54, 1.807) is 0 Å². The number of para-hydroxylation sites is 1. The van der Waals surface area contributed by atoms with E-state index in [4.69, 9.17) is 4.98 Å². The molecular weight excluding hydrogens is 274 g/mol. The minimum atomic E-state index is 0.380. The highest BCUT2D eigenvalue weighted by Crippen LogP contribution is 2.31. The van der Waals surface area contributed by atoms with Crippen molar-refractivity contribution >= 4 is 10.9 Å². The molecule has 2 aromatic heterocycles. The van der Waals surface area contributed by atoms with Crippen molar-refractivity contribution in [2.24, 2.45) is 7.05 Å². The second-order valence-corrected chi connectivity index (χ2v) is 6.16. The zero-order chi connectivity index (χ0) is 15.1. The first-order valence-electron chi connectivity index (χ1n) is 7.91. The summed E-state index contributed by atoms with van der Waals surface area (Å²) >= 11 is 0. The summed E-state index contributed by atoms with van der Waals surface area (Å²) in [7, 11) is 4.19. The third-order valence-corrected chi connectivity index (χ3v) is 4.70. The van der Waals surface area contributed by atoms with Gasteiger partial charge >= 0.3 is 0 Å². The summed E-state index contributed by atoms with van der Waals surface area (Å²) in [4.78, 5) is 10.6. The fourth-order valence-electron chi connectivity index (χ4n) is 3.46. The van der Waals surface area contributed by atoms with Crippen molar-refractivity contribution in [2.75, 3.05) is 13.6 Å². The van der Waals surface area contributed by atoms with Crippen LogP contribution in [0.3, 0.4) is 0 Å². The standard InChI is InChI=1S/C17H21N5/c1-21-10-6-5-9-15(21)17-19-16(20-22(17)2)13-11-18-14-8-4-3-7-12(13)14/h3-4,7-8,11,15,18H,5-6,9-10H2,1-2H3/t15-/m1/s1. The molecule has 5 heteroatoms. The van der Waals surface area contributed by atoms with Crippen LogP contribution in [0.25, 0.3) is 22.3 Å². The normalized spacial score (nSPS) is 19.8. The molecule has 1 aliphatic heterocycles. The van der Waals surface area contributed by atoms with Gasteiger partial charge in [0.05, 0.1) is 6.04 Å². The number of aryl methyl sites for hydroxylation is 1. The number of aromatic nitrogens is 4. The molecule has 1 saturated heterocycles. The largest absolute Gasteiger partial charge is 0.360 e. The Labute approximate surface area is 130 Å². The average Bonchev–Trinajstić information content (AvgIpc) is 3.11. The maximum absolute atomic E-state index is 4.87. The Kier molecular flexibility index (Phi) is 3.22. The van der Waals surface area contributed by atoms with Crippen LogP contribution in [0.5, 0.6) is 0 Å². The number of hydrogen-bond acceptors (Lipinski definition) is 3. The number of likely N-dealkylation sites (tertiary alicyclic amines) is 1. The number of piperidine rings is 1. The Morgan fingerprint density at radius 3 is 2.91 bits per heavy atom. The minimum absolute atomic E-state index is 0.380. The van der Waals surface area contributed by atoms with Crippen molar-refractivity contribution in [3.63, 3.8) is 0 Å². The van der Waals surface area contributed by atoms with Gasteiger partial charge in [0.25, 0.3) is 0 Å². The van der Waals surface area contributed by atoms with Gasteiger partial charge in [-0.1, -0.05) is 24.6 Å². The number of hydrogen-bond donors (Lipinski definition) is 1. The Hall–Kier alpha value is -2.14. The number of nitrogens with one attached hydrogen (secondary N) is 1. The van der Waals surface area contributed by atoms with Crippen LogP contribution in [0.15, 0.2) is 30.5 Å². The highest BCUT2D eigenvalue weighted by Gasteiger charge is 2.26. The Morgan fingerprint density at radius 2 is 2.05 bits per heavy atom. The first-order valence-corrected chi connectivity index (χ1v) is 7.91. The monoisotopic (exact) mass is 295 g/mol. The summed E-state index contributed by atoms with van der Waals surface area (Å²) in [6, 6.07) is 8.67. The van der Waals surface area contributed by atoms with Gasteiger partial charge in [0.1, 0.15) is 5.82 Å². The van der Waals surface area contributed by atoms with Crippen molar-refractivity contribution < 1.29 is 0 Å². The van der Waals surface area contributed by atoms with Crippen molar-refractivity contribution in [1.82, 2.24) is 24.6 Å². The molecule has 3 heterocycles. The van der Waals surface area contributed by atoms with Gasteiger partial charge < -0.3 is 4.98 Å². The maximum atomic E-state index is 4.87. The van der Waals surface area contributed by atoms with E-state index in [0.717, 1.165) is 35.7 Å². The molecular formula is C17H21N5. The summed E-state index contributed by atoms with van der Waals surface area (Å²) in [5.74, 6) is 1.89. The number of aromatic amines is 1. The van der Waals surface area contributed by atoms with E-state index in [1.165, 1.54) is 18.2 Å². The van der Waals surface area contributed by atoms with Crippen LogP contribution in [-0.2, 0) is 7.05 Å². The minimum Gasteiger partial charge on any atom is -0.360 e. The predicted molar refractivity (Wildman–Crippen MR) is 87.5 cm³/mol. The van der Waals surface area contributed by atoms with Gasteiger partial charge in [0.15, 0.2) is 5.82 Å². The second-order valence-electron chi connectivity index (χ2n) is 6.16. The Morgan fingerprint density at radius 1 is 1.18 bits per heavy atom. The summed E-state index contributed by atoms with van der Waals surface area (Å²) in [5, 5.41) is 5.85. The fraction of sp³-hybridized carbons (Fsp3) is 0.412. The molecule has 5 nitrogen and oxygen atoms in total. The number of benzene rings is 1. The molecule has 0 saturated carbocycles. The molecule has 0 spiro atoms. The van der Waals surface area contributed by atoms with Gasteiger partial charge in [-0.25, -0.2) is 4.98 Å². The SMILES string of the molecule is CN1CCCC[C@@H]1c1nc(-c2c[nH]c3ccccc23)nn1C. The highest BCUT2D eigenvalue weighted by molar-refractivity contribution is 5.93. The zero-order valence-corrected chi connectivity index (χ0v) is 13.1. The topological polar surface area (TPSA) is 49.7 Å². The number of nitrogens with zero attached hydrogens (tertiary/aromatic N) is 4. The molecule has 3 aromatic rings. The number of rotatable bonds is 2. The highest BCUT2D eigenvalue weighted by atomic mass is 15.4. The van der Waals surface area contributed by atoms with Crippen LogP contribution >= 0.6 is 0 Å². The summed E-state index contributed by atoms with van der Waals surface area (Å²) in [6.07, 6.45) is 5.72. The van der Waals surface area contributed by atoms with Crippen LogP contribution in [-0.4, -0.2) is 38.2 Å². The van der Waals surface area contributed by atoms with Gasteiger partial charge in [-0.05, 0) is 32.5 Å². The first-order chi connectivity index (χ1) is 10.7. The zero-order valence-electron chi connectivity index (χ0n) is 13.1. The summed E-state index contributed by atoms with van der Waals surface area (Å²) < 4.78 is 1.95. The van der Waals surface area contributed by atoms with Gasteiger partial charge in [0.2, 0.25) is 0 Å². The van der Waals surface area contributed by atoms with Crippen LogP contribution in [0.2, 0.25) is 0 Å². The molecule has 1 fully saturated rings. The van der Waals surface area contributed by atoms with E-state index in [1.807, 2.05) is 24.0 Å². The Bertz CT molecular complexity index is 800. The lowest BCUT2D eigenvalue weighted by Crippen LogP contribution is -2.31. The molecule has 1 N–H and O–H groups in total. The van der Waals surface area contributed by atoms with Crippen molar-refractivity contribution in [2.45, 2.75) is 25.3 Å². The van der Waals surface area contributed by atoms with Crippen LogP contribution in [0, 0.1) is 0 Å². The summed E-state index contributed by atoms with van der Waals surface area (Å²) in [6.45, 7) is 1.14. The quantitative estimate of drug-likeness (QED) is 0.790. The molecule has 0 radical (unpaired) electrons. The number of fused-ring (bicyclic) bond motifs is 1. The lowest BCUT2D eigenvalue weighted by molar-refractivity contribution is 0.175. The molecule has 0 amide bonds. The molecule has 114 valence electrons. The predicted octanol–water partition coefficient (Wildman–Crippen LogP) is 3.12. The van der Waals surface area contributed by atoms with E-state index >= 15 is 0 Å². The van der Waals surface area contributed by atoms with E-state index in [-0.39, 0.29) is 0 Å². The average molecular weight is 295 g/mol. The van der Waals surface area contributed by atoms with E-state index < -0.39 is 0 Å². The van der Waals surface area contributed by atoms with E-state index in [0.29, 0.717) is 6.04 Å². The van der Waals surface area contributed by atoms with Crippen LogP contribution in [0.4, 0.5) is 0 Å². The third kappa shape index (κ3) is 2.13. The molecule has 4 rings (SSSR count). The fourth-order valence-corrected chi connectivity index (χ4v) is 3.46. The Balaban J connectivity index is 1.76. The van der Waals surface area contributed by atoms with Crippen molar-refractivity contribution in [3.8, 4) is 11.4 Å². The smallest absolute Gasteiger partial charge is 0.183 e. The van der Waals surface area contributed by atoms with Gasteiger partial charge in [0, 0.05) is 29.7 Å². The molecule has 0 aliphatic carbocycles. The second kappa shape index (κ2) is 5.25. The van der Waals surface area contributed by atoms with Gasteiger partial charge in [-0.15, -0.1) is 0 Å². The van der Waals surface area contributed by atoms with E-state index in [2.05, 4.69) is 40.2 Å². The number of H-pyrrole nitrogens is 1. The molecule has 1 aliphatic rings. The molecule has 0 unspecified atom stereocenters. The van der Waals surface area contributed by atoms with Gasteiger partial charge in [-0.2, -0.15) is 5.10 Å². The van der Waals surface area contributed by atoms with E-state index in [9.17, 15) is 0 Å². The maximum Gasteiger partial charge on any atom is 0.183 e. The lowest BCUT2D eigenvalue weighted by atomic mass is 10.0. The molecule has 22 heavy (non-hydrogen) atoms. The van der Waals surface area contributed by atoms with Crippen LogP contribution in [0.1, 0.15) is 31.1 Å². The summed E-state index contributed by atoms with van der Waals surface area (Å²) in [5.41, 5.74) is 2.21. The molecule has 1 atom stereocenters. The molecule has 0 bridgehead atoms. The molecule has 1 aromatic carbocycles. The first kappa shape index (κ1) is 13.5. The van der Waals surface area contributed by atoms with Crippen LogP contribution < -0.4 is 0 Å². The third-order valence-electron chi connectivity index (χ3n) is 4.70. The van der Waals surface area contributed by atoms with Crippen molar-refractivity contribution in [3.05, 3.63) is 36.3 Å². The van der Waals surface area contributed by atoms with Crippen molar-refractivity contribution in [1.29, 1.82) is 0 Å². The lowest BCUT2D eigenvalue weighted by Gasteiger charge is -2.31. The van der Waals surface area contributed by atoms with Gasteiger partial charge in [-0.3, -0.25) is 9.58 Å².